The predicted molar refractivity (Wildman–Crippen MR) is 148 cm³/mol. The van der Waals surface area contributed by atoms with Gasteiger partial charge in [-0.25, -0.2) is 8.42 Å². The molecular formula is C27H30F3N5O4S2. The molecule has 0 aromatic heterocycles. The van der Waals surface area contributed by atoms with Gasteiger partial charge < -0.3 is 10.2 Å². The topological polar surface area (TPSA) is 132 Å². The van der Waals surface area contributed by atoms with Crippen LogP contribution in [0.2, 0.25) is 0 Å². The first-order valence-corrected chi connectivity index (χ1v) is 15.9. The van der Waals surface area contributed by atoms with Gasteiger partial charge in [-0.3, -0.25) is 9.59 Å². The minimum Gasteiger partial charge on any atom is -0.338 e. The number of halogens is 3. The van der Waals surface area contributed by atoms with Crippen molar-refractivity contribution in [1.29, 1.82) is 0 Å². The monoisotopic (exact) mass is 609 g/mol. The summed E-state index contributed by atoms with van der Waals surface area (Å²) in [6.07, 6.45) is -1.41. The molecule has 1 heterocycles. The van der Waals surface area contributed by atoms with Crippen LogP contribution in [-0.4, -0.2) is 61.3 Å². The van der Waals surface area contributed by atoms with Crippen LogP contribution >= 0.6 is 11.8 Å². The highest BCUT2D eigenvalue weighted by atomic mass is 32.2. The van der Waals surface area contributed by atoms with Gasteiger partial charge in [0.15, 0.2) is 9.84 Å². The zero-order valence-corrected chi connectivity index (χ0v) is 24.1. The molecule has 2 aliphatic rings. The number of sulfone groups is 1. The van der Waals surface area contributed by atoms with E-state index in [0.717, 1.165) is 23.1 Å². The number of carbonyl (C=O) groups excluding carboxylic acids is 2. The molecule has 2 fully saturated rings. The van der Waals surface area contributed by atoms with E-state index in [4.69, 9.17) is 5.53 Å². The lowest BCUT2D eigenvalue weighted by atomic mass is 9.82. The minimum atomic E-state index is -4.62. The Morgan fingerprint density at radius 2 is 1.93 bits per heavy atom. The molecule has 1 saturated heterocycles. The third-order valence-corrected chi connectivity index (χ3v) is 10.4. The van der Waals surface area contributed by atoms with Gasteiger partial charge in [0.05, 0.1) is 16.2 Å². The number of rotatable bonds is 8. The number of nitrogens with zero attached hydrogens (tertiary/aromatic N) is 4. The third kappa shape index (κ3) is 6.82. The van der Waals surface area contributed by atoms with E-state index in [0.29, 0.717) is 12.8 Å². The van der Waals surface area contributed by atoms with Crippen molar-refractivity contribution in [2.24, 2.45) is 11.0 Å². The second kappa shape index (κ2) is 11.9. The molecule has 1 N–H and O–H groups in total. The lowest BCUT2D eigenvalue weighted by Crippen LogP contribution is -2.55. The zero-order valence-electron chi connectivity index (χ0n) is 22.5. The van der Waals surface area contributed by atoms with Crippen molar-refractivity contribution in [2.75, 3.05) is 18.6 Å². The Morgan fingerprint density at radius 1 is 1.22 bits per heavy atom. The smallest absolute Gasteiger partial charge is 0.338 e. The maximum Gasteiger partial charge on any atom is 0.416 e. The Labute approximate surface area is 240 Å². The van der Waals surface area contributed by atoms with Gasteiger partial charge in [-0.15, -0.1) is 11.8 Å². The first kappa shape index (κ1) is 30.7. The second-order valence-electron chi connectivity index (χ2n) is 10.6. The number of thioether (sulfide) groups is 1. The van der Waals surface area contributed by atoms with Crippen LogP contribution in [0.1, 0.15) is 48.5 Å². The van der Waals surface area contributed by atoms with Crippen LogP contribution in [0, 0.1) is 5.92 Å². The molecule has 9 nitrogen and oxygen atoms in total. The quantitative estimate of drug-likeness (QED) is 0.184. The molecule has 1 saturated carbocycles. The lowest BCUT2D eigenvalue weighted by molar-refractivity contribution is -0.138. The molecule has 0 radical (unpaired) electrons. The first-order chi connectivity index (χ1) is 19.3. The van der Waals surface area contributed by atoms with Gasteiger partial charge in [0.1, 0.15) is 5.54 Å². The van der Waals surface area contributed by atoms with Crippen LogP contribution in [0.4, 0.5) is 13.2 Å². The zero-order chi connectivity index (χ0) is 30.0. The van der Waals surface area contributed by atoms with Gasteiger partial charge in [0.2, 0.25) is 5.91 Å². The van der Waals surface area contributed by atoms with E-state index in [2.05, 4.69) is 15.3 Å². The standard InChI is InChI=1S/C27H30F3N5O4S2/c1-26(32-24(36)17-4-3-5-19(14-17)27(28,29)30)12-13-35(25(26)37)23-11-6-20(33-34-31)15-18(23)16-41(38,39)22-9-7-21(40-2)8-10-22/h3-5,7-10,14,18,20,23H,6,11-13,15-16H2,1-2H3,(H,32,36)/t18-,20+,23?,26-/m0/s1. The summed E-state index contributed by atoms with van der Waals surface area (Å²) in [6.45, 7) is 1.75. The number of nitrogens with one attached hydrogen (secondary N) is 1. The van der Waals surface area contributed by atoms with Crippen LogP contribution in [0.25, 0.3) is 10.4 Å². The lowest BCUT2D eigenvalue weighted by Gasteiger charge is -2.40. The number of hydrogen-bond donors (Lipinski definition) is 1. The maximum atomic E-state index is 13.7. The fourth-order valence-corrected chi connectivity index (χ4v) is 7.69. The summed E-state index contributed by atoms with van der Waals surface area (Å²) >= 11 is 1.49. The maximum absolute atomic E-state index is 13.7. The summed E-state index contributed by atoms with van der Waals surface area (Å²) in [5.74, 6) is -2.04. The number of likely N-dealkylation sites (tertiary alicyclic amines) is 1. The molecule has 1 unspecified atom stereocenters. The predicted octanol–water partition coefficient (Wildman–Crippen LogP) is 5.47. The molecular weight excluding hydrogens is 579 g/mol. The fourth-order valence-electron chi connectivity index (χ4n) is 5.61. The molecule has 1 aliphatic carbocycles. The highest BCUT2D eigenvalue weighted by molar-refractivity contribution is 7.98. The van der Waals surface area contributed by atoms with E-state index in [-0.39, 0.29) is 35.6 Å². The fraction of sp³-hybridized carbons (Fsp3) is 0.481. The number of amides is 2. The van der Waals surface area contributed by atoms with Crippen molar-refractivity contribution in [3.05, 3.63) is 70.1 Å². The number of hydrogen-bond acceptors (Lipinski definition) is 6. The van der Waals surface area contributed by atoms with Gasteiger partial charge in [-0.05, 0) is 92.8 Å². The number of azide groups is 1. The molecule has 0 spiro atoms. The summed E-state index contributed by atoms with van der Waals surface area (Å²) in [7, 11) is -3.75. The Balaban J connectivity index is 1.54. The van der Waals surface area contributed by atoms with E-state index in [1.165, 1.54) is 24.8 Å². The molecule has 41 heavy (non-hydrogen) atoms. The van der Waals surface area contributed by atoms with E-state index in [9.17, 15) is 31.2 Å². The van der Waals surface area contributed by atoms with Gasteiger partial charge in [-0.1, -0.05) is 11.2 Å². The Kier molecular flexibility index (Phi) is 8.95. The van der Waals surface area contributed by atoms with Gasteiger partial charge in [0.25, 0.3) is 5.91 Å². The number of benzene rings is 2. The second-order valence-corrected chi connectivity index (χ2v) is 13.5. The highest BCUT2D eigenvalue weighted by Gasteiger charge is 2.49. The van der Waals surface area contributed by atoms with Crippen LogP contribution in [0.5, 0.6) is 0 Å². The SMILES string of the molecule is CSc1ccc(S(=O)(=O)C[C@@H]2C[C@H](N=[N+]=[N-])CCC2N2CC[C@](C)(NC(=O)c3cccc(C(F)(F)F)c3)C2=O)cc1. The van der Waals surface area contributed by atoms with Gasteiger partial charge in [-0.2, -0.15) is 13.2 Å². The van der Waals surface area contributed by atoms with Crippen LogP contribution in [0.3, 0.4) is 0 Å². The summed E-state index contributed by atoms with van der Waals surface area (Å²) < 4.78 is 66.2. The van der Waals surface area contributed by atoms with E-state index in [1.807, 2.05) is 6.26 Å². The molecule has 0 bridgehead atoms. The van der Waals surface area contributed by atoms with E-state index < -0.39 is 56.9 Å². The average molecular weight is 610 g/mol. The van der Waals surface area contributed by atoms with Crippen molar-refractivity contribution < 1.29 is 31.2 Å². The van der Waals surface area contributed by atoms with Crippen molar-refractivity contribution in [3.8, 4) is 0 Å². The Bertz CT molecular complexity index is 1460. The normalized spacial score (nSPS) is 25.0. The molecule has 4 rings (SSSR count). The number of carbonyl (C=O) groups is 2. The van der Waals surface area contributed by atoms with Crippen LogP contribution < -0.4 is 5.32 Å². The Hall–Kier alpha value is -3.22. The van der Waals surface area contributed by atoms with Crippen molar-refractivity contribution in [3.63, 3.8) is 0 Å². The molecule has 2 amide bonds. The summed E-state index contributed by atoms with van der Waals surface area (Å²) in [6, 6.07) is 9.61. The van der Waals surface area contributed by atoms with Crippen LogP contribution in [-0.2, 0) is 20.8 Å². The van der Waals surface area contributed by atoms with Crippen molar-refractivity contribution in [1.82, 2.24) is 10.2 Å². The van der Waals surface area contributed by atoms with E-state index in [1.54, 1.807) is 29.2 Å². The molecule has 2 aromatic carbocycles. The molecule has 2 aromatic rings. The van der Waals surface area contributed by atoms with Gasteiger partial charge in [0, 0.05) is 34.0 Å². The molecule has 220 valence electrons. The van der Waals surface area contributed by atoms with Crippen molar-refractivity contribution in [2.45, 2.75) is 66.2 Å². The average Bonchev–Trinajstić information content (AvgIpc) is 3.21. The van der Waals surface area contributed by atoms with Gasteiger partial charge >= 0.3 is 6.18 Å². The molecule has 1 aliphatic heterocycles. The van der Waals surface area contributed by atoms with Crippen molar-refractivity contribution >= 4 is 33.4 Å². The summed E-state index contributed by atoms with van der Waals surface area (Å²) in [4.78, 5) is 32.1. The Morgan fingerprint density at radius 3 is 2.56 bits per heavy atom. The molecule has 4 atom stereocenters. The van der Waals surface area contributed by atoms with E-state index >= 15 is 0 Å². The largest absolute Gasteiger partial charge is 0.416 e. The molecule has 14 heteroatoms. The first-order valence-electron chi connectivity index (χ1n) is 13.0. The third-order valence-electron chi connectivity index (χ3n) is 7.81. The summed E-state index contributed by atoms with van der Waals surface area (Å²) in [5, 5.41) is 6.42. The van der Waals surface area contributed by atoms with Crippen LogP contribution in [0.15, 0.2) is 63.4 Å². The summed E-state index contributed by atoms with van der Waals surface area (Å²) in [5.41, 5.74) is 6.38. The highest BCUT2D eigenvalue weighted by Crippen LogP contribution is 2.37. The number of alkyl halides is 3. The minimum absolute atomic E-state index is 0.158.